The average molecular weight is 534 g/mol. The van der Waals surface area contributed by atoms with Crippen LogP contribution in [0.5, 0.6) is 23.0 Å². The van der Waals surface area contributed by atoms with E-state index in [1.807, 2.05) is 60.0 Å². The Morgan fingerprint density at radius 1 is 1.05 bits per heavy atom. The van der Waals surface area contributed by atoms with Crippen LogP contribution in [0.2, 0.25) is 0 Å². The van der Waals surface area contributed by atoms with Crippen LogP contribution in [0, 0.1) is 6.92 Å². The fourth-order valence-electron chi connectivity index (χ4n) is 3.59. The molecule has 0 unspecified atom stereocenters. The number of benzene rings is 3. The third-order valence-corrected chi connectivity index (χ3v) is 6.48. The van der Waals surface area contributed by atoms with Crippen LogP contribution in [0.4, 0.5) is 0 Å². The van der Waals surface area contributed by atoms with E-state index >= 15 is 0 Å². The number of thioether (sulfide) groups is 1. The number of methoxy groups -OCH3 is 3. The lowest BCUT2D eigenvalue weighted by molar-refractivity contribution is -0.625. The number of hydrogen-bond donors (Lipinski definition) is 2. The van der Waals surface area contributed by atoms with Gasteiger partial charge in [0.05, 0.1) is 44.0 Å². The molecule has 1 aromatic heterocycles. The summed E-state index contributed by atoms with van der Waals surface area (Å²) in [4.78, 5) is 12.5. The molecular weight excluding hydrogens is 506 g/mol. The molecule has 0 fully saturated rings. The molecule has 10 nitrogen and oxygen atoms in total. The number of nitrogens with one attached hydrogen (secondary N) is 2. The predicted molar refractivity (Wildman–Crippen MR) is 142 cm³/mol. The van der Waals surface area contributed by atoms with E-state index in [4.69, 9.17) is 14.2 Å². The van der Waals surface area contributed by atoms with Crippen LogP contribution in [0.15, 0.2) is 70.9 Å². The zero-order chi connectivity index (χ0) is 27.1. The van der Waals surface area contributed by atoms with Crippen molar-refractivity contribution in [2.45, 2.75) is 12.1 Å². The molecular formula is C27H27N5O5S. The van der Waals surface area contributed by atoms with E-state index in [-0.39, 0.29) is 28.9 Å². The Bertz CT molecular complexity index is 1410. The molecule has 11 heteroatoms. The molecule has 4 rings (SSSR count). The van der Waals surface area contributed by atoms with Gasteiger partial charge in [0.15, 0.2) is 0 Å². The number of hydrogen-bond acceptors (Lipinski definition) is 8. The van der Waals surface area contributed by atoms with Gasteiger partial charge >= 0.3 is 5.16 Å². The summed E-state index contributed by atoms with van der Waals surface area (Å²) in [6.07, 6.45) is 1.41. The highest BCUT2D eigenvalue weighted by atomic mass is 32.2. The van der Waals surface area contributed by atoms with Crippen molar-refractivity contribution >= 4 is 23.9 Å². The first-order valence-corrected chi connectivity index (χ1v) is 12.5. The van der Waals surface area contributed by atoms with Gasteiger partial charge in [-0.3, -0.25) is 4.79 Å². The van der Waals surface area contributed by atoms with Crippen LogP contribution < -0.4 is 29.3 Å². The number of aryl methyl sites for hydroxylation is 1. The number of carbonyl (C=O) groups excluding carboxylic acids is 1. The van der Waals surface area contributed by atoms with E-state index in [1.165, 1.54) is 44.3 Å². The molecule has 0 radical (unpaired) electrons. The van der Waals surface area contributed by atoms with Crippen LogP contribution in [0.25, 0.3) is 17.1 Å². The van der Waals surface area contributed by atoms with E-state index in [2.05, 4.69) is 20.7 Å². The lowest BCUT2D eigenvalue weighted by Gasteiger charge is -2.17. The van der Waals surface area contributed by atoms with Crippen molar-refractivity contribution in [2.24, 2.45) is 5.10 Å². The number of H-pyrrole nitrogens is 1. The molecule has 0 spiro atoms. The van der Waals surface area contributed by atoms with Crippen molar-refractivity contribution < 1.29 is 28.7 Å². The number of rotatable bonds is 10. The molecule has 3 aromatic carbocycles. The maximum Gasteiger partial charge on any atom is 0.342 e. The van der Waals surface area contributed by atoms with Gasteiger partial charge in [0, 0.05) is 5.56 Å². The van der Waals surface area contributed by atoms with Crippen LogP contribution in [-0.2, 0) is 4.79 Å². The highest BCUT2D eigenvalue weighted by molar-refractivity contribution is 7.99. The van der Waals surface area contributed by atoms with E-state index < -0.39 is 0 Å². The van der Waals surface area contributed by atoms with Crippen molar-refractivity contribution in [3.63, 3.8) is 0 Å². The maximum atomic E-state index is 12.5. The fraction of sp³-hybridized carbons (Fsp3) is 0.185. The van der Waals surface area contributed by atoms with E-state index in [0.29, 0.717) is 10.7 Å². The summed E-state index contributed by atoms with van der Waals surface area (Å²) >= 11 is 1.27. The lowest BCUT2D eigenvalue weighted by atomic mass is 10.2. The van der Waals surface area contributed by atoms with Crippen molar-refractivity contribution in [3.05, 3.63) is 71.8 Å². The van der Waals surface area contributed by atoms with E-state index in [9.17, 15) is 9.90 Å². The topological polar surface area (TPSA) is 125 Å². The second kappa shape index (κ2) is 12.2. The second-order valence-electron chi connectivity index (χ2n) is 8.09. The molecule has 196 valence electrons. The van der Waals surface area contributed by atoms with Gasteiger partial charge in [-0.1, -0.05) is 17.7 Å². The number of amides is 1. The Morgan fingerprint density at radius 2 is 1.71 bits per heavy atom. The molecule has 1 amide bonds. The molecule has 0 aliphatic heterocycles. The minimum Gasteiger partial charge on any atom is -0.867 e. The fourth-order valence-corrected chi connectivity index (χ4v) is 4.35. The number of nitrogens with zero attached hydrogens (tertiary/aromatic N) is 3. The van der Waals surface area contributed by atoms with Crippen LogP contribution >= 0.6 is 11.8 Å². The highest BCUT2D eigenvalue weighted by Crippen LogP contribution is 2.34. The molecule has 0 atom stereocenters. The molecule has 4 aromatic rings. The smallest absolute Gasteiger partial charge is 0.342 e. The number of aromatic amines is 1. The van der Waals surface area contributed by atoms with Crippen LogP contribution in [0.1, 0.15) is 11.1 Å². The largest absolute Gasteiger partial charge is 0.867 e. The third-order valence-electron chi connectivity index (χ3n) is 5.55. The molecule has 38 heavy (non-hydrogen) atoms. The Balaban J connectivity index is 1.50. The van der Waals surface area contributed by atoms with Crippen LogP contribution in [-0.4, -0.2) is 49.4 Å². The molecule has 0 saturated heterocycles. The number of carbonyl (C=O) groups is 1. The van der Waals surface area contributed by atoms with Crippen molar-refractivity contribution in [2.75, 3.05) is 27.1 Å². The Morgan fingerprint density at radius 3 is 2.32 bits per heavy atom. The first kappa shape index (κ1) is 26.6. The molecule has 0 aliphatic carbocycles. The summed E-state index contributed by atoms with van der Waals surface area (Å²) < 4.78 is 17.4. The van der Waals surface area contributed by atoms with Gasteiger partial charge in [-0.05, 0) is 73.0 Å². The van der Waals surface area contributed by atoms with Crippen molar-refractivity contribution in [1.82, 2.24) is 15.6 Å². The summed E-state index contributed by atoms with van der Waals surface area (Å²) in [7, 11) is 4.42. The number of ether oxygens (including phenoxy) is 3. The lowest BCUT2D eigenvalue weighted by Crippen LogP contribution is -2.34. The Hall–Kier alpha value is -4.51. The minimum absolute atomic E-state index is 0.0717. The van der Waals surface area contributed by atoms with Gasteiger partial charge in [-0.25, -0.2) is 5.43 Å². The van der Waals surface area contributed by atoms with Gasteiger partial charge < -0.3 is 19.3 Å². The summed E-state index contributed by atoms with van der Waals surface area (Å²) in [6.45, 7) is 2.02. The zero-order valence-corrected chi connectivity index (χ0v) is 22.2. The summed E-state index contributed by atoms with van der Waals surface area (Å²) in [5.74, 6) is 1.16. The zero-order valence-electron chi connectivity index (χ0n) is 21.3. The third kappa shape index (κ3) is 6.06. The highest BCUT2D eigenvalue weighted by Gasteiger charge is 2.24. The Kier molecular flexibility index (Phi) is 8.49. The minimum atomic E-state index is -0.359. The summed E-state index contributed by atoms with van der Waals surface area (Å²) in [6, 6.07) is 18.7. The quantitative estimate of drug-likeness (QED) is 0.139. The van der Waals surface area contributed by atoms with E-state index in [0.717, 1.165) is 28.4 Å². The van der Waals surface area contributed by atoms with E-state index in [1.54, 1.807) is 7.11 Å². The normalized spacial score (nSPS) is 10.9. The maximum absolute atomic E-state index is 12.5. The average Bonchev–Trinajstić information content (AvgIpc) is 3.37. The summed E-state index contributed by atoms with van der Waals surface area (Å²) in [5, 5.41) is 24.2. The van der Waals surface area contributed by atoms with Crippen LogP contribution in [0.3, 0.4) is 0 Å². The molecule has 0 saturated carbocycles. The molecule has 0 bridgehead atoms. The van der Waals surface area contributed by atoms with Gasteiger partial charge in [0.2, 0.25) is 0 Å². The second-order valence-corrected chi connectivity index (χ2v) is 9.03. The first-order chi connectivity index (χ1) is 18.4. The monoisotopic (exact) mass is 533 g/mol. The molecule has 0 aliphatic rings. The Labute approximate surface area is 224 Å². The van der Waals surface area contributed by atoms with Crippen molar-refractivity contribution in [1.29, 1.82) is 0 Å². The molecule has 2 N–H and O–H groups in total. The van der Waals surface area contributed by atoms with Gasteiger partial charge in [0.25, 0.3) is 11.7 Å². The predicted octanol–water partition coefficient (Wildman–Crippen LogP) is 3.00. The SMILES string of the molecule is COc1ccc(-c2[nH]nc(SCC(=O)NN=Cc3cc(OC)c([O-])c(OC)c3)[n+]2-c2ccc(C)cc2)cc1. The number of hydrazone groups is 1. The van der Waals surface area contributed by atoms with Gasteiger partial charge in [-0.2, -0.15) is 9.67 Å². The molecule has 1 heterocycles. The summed E-state index contributed by atoms with van der Waals surface area (Å²) in [5.41, 5.74) is 5.99. The van der Waals surface area contributed by atoms with Crippen molar-refractivity contribution in [3.8, 4) is 40.1 Å². The number of aromatic nitrogens is 3. The first-order valence-electron chi connectivity index (χ1n) is 11.5. The standard InChI is InChI=1S/C27H27N5O5S/c1-17-5-9-20(10-6-17)32-26(19-7-11-21(35-2)12-8-19)30-31-27(32)38-16-24(33)29-28-15-18-13-22(36-3)25(34)23(14-18)37-4/h5-15H,16H2,1-4H3,(H2,28,29,33,34). The van der Waals surface area contributed by atoms with Gasteiger partial charge in [-0.15, -0.1) is 5.10 Å². The van der Waals surface area contributed by atoms with Gasteiger partial charge in [0.1, 0.15) is 22.9 Å².